The molecule has 0 saturated carbocycles. The van der Waals surface area contributed by atoms with Gasteiger partial charge in [-0.3, -0.25) is 14.9 Å². The Morgan fingerprint density at radius 2 is 1.97 bits per heavy atom. The molecular weight excluding hydrogens is 394 g/mol. The van der Waals surface area contributed by atoms with Gasteiger partial charge in [0.15, 0.2) is 11.7 Å². The first-order valence-electron chi connectivity index (χ1n) is 9.12. The highest BCUT2D eigenvalue weighted by Gasteiger charge is 2.17. The number of nitrogens with one attached hydrogen (secondary N) is 1. The van der Waals surface area contributed by atoms with Crippen LogP contribution in [0.15, 0.2) is 53.1 Å². The minimum atomic E-state index is -0.591. The fourth-order valence-corrected chi connectivity index (χ4v) is 2.95. The number of hydrogen-bond donors (Lipinski definition) is 1. The minimum absolute atomic E-state index is 0.0754. The lowest BCUT2D eigenvalue weighted by atomic mass is 10.0. The second-order valence-corrected chi connectivity index (χ2v) is 7.30. The molecule has 1 heterocycles. The SMILES string of the molecule is CC(C)c1ccc(-c2cnc(CCC(=O)Nc3ccc(Cl)cc3[N+](=O)[O-])o2)cc1. The number of hydrogen-bond acceptors (Lipinski definition) is 5. The van der Waals surface area contributed by atoms with Crippen molar-refractivity contribution in [3.63, 3.8) is 0 Å². The van der Waals surface area contributed by atoms with Gasteiger partial charge in [-0.25, -0.2) is 4.98 Å². The van der Waals surface area contributed by atoms with Gasteiger partial charge in [0.1, 0.15) is 5.69 Å². The van der Waals surface area contributed by atoms with Crippen molar-refractivity contribution in [1.82, 2.24) is 4.98 Å². The van der Waals surface area contributed by atoms with Gasteiger partial charge in [0.05, 0.1) is 11.1 Å². The van der Waals surface area contributed by atoms with Gasteiger partial charge in [0.25, 0.3) is 5.69 Å². The lowest BCUT2D eigenvalue weighted by Crippen LogP contribution is -2.13. The molecule has 0 radical (unpaired) electrons. The van der Waals surface area contributed by atoms with E-state index in [1.807, 2.05) is 12.1 Å². The maximum atomic E-state index is 12.2. The third-order valence-electron chi connectivity index (χ3n) is 4.41. The maximum absolute atomic E-state index is 12.2. The lowest BCUT2D eigenvalue weighted by molar-refractivity contribution is -0.383. The molecule has 7 nitrogen and oxygen atoms in total. The molecule has 0 spiro atoms. The van der Waals surface area contributed by atoms with Crippen molar-refractivity contribution in [1.29, 1.82) is 0 Å². The first kappa shape index (κ1) is 20.5. The Kier molecular flexibility index (Phi) is 6.29. The Balaban J connectivity index is 1.61. The topological polar surface area (TPSA) is 98.3 Å². The summed E-state index contributed by atoms with van der Waals surface area (Å²) >= 11 is 5.78. The van der Waals surface area contributed by atoms with Gasteiger partial charge in [0, 0.05) is 29.5 Å². The first-order valence-corrected chi connectivity index (χ1v) is 9.50. The number of halogens is 1. The van der Waals surface area contributed by atoms with E-state index in [9.17, 15) is 14.9 Å². The van der Waals surface area contributed by atoms with Crippen molar-refractivity contribution >= 4 is 28.9 Å². The molecule has 150 valence electrons. The van der Waals surface area contributed by atoms with E-state index in [1.165, 1.54) is 23.8 Å². The summed E-state index contributed by atoms with van der Waals surface area (Å²) in [5.74, 6) is 1.12. The number of benzene rings is 2. The molecule has 0 aliphatic carbocycles. The molecule has 0 aliphatic heterocycles. The second-order valence-electron chi connectivity index (χ2n) is 6.86. The molecule has 1 aromatic heterocycles. The fraction of sp³-hybridized carbons (Fsp3) is 0.238. The number of nitrogens with zero attached hydrogens (tertiary/aromatic N) is 2. The van der Waals surface area contributed by atoms with Crippen molar-refractivity contribution < 1.29 is 14.1 Å². The first-order chi connectivity index (χ1) is 13.8. The van der Waals surface area contributed by atoms with Crippen molar-refractivity contribution in [2.75, 3.05) is 5.32 Å². The molecule has 3 rings (SSSR count). The van der Waals surface area contributed by atoms with E-state index in [0.717, 1.165) is 5.56 Å². The summed E-state index contributed by atoms with van der Waals surface area (Å²) in [6.07, 6.45) is 1.98. The highest BCUT2D eigenvalue weighted by atomic mass is 35.5. The van der Waals surface area contributed by atoms with Gasteiger partial charge in [-0.15, -0.1) is 0 Å². The van der Waals surface area contributed by atoms with Crippen LogP contribution in [0.5, 0.6) is 0 Å². The van der Waals surface area contributed by atoms with E-state index < -0.39 is 4.92 Å². The molecule has 0 bridgehead atoms. The van der Waals surface area contributed by atoms with Gasteiger partial charge in [0.2, 0.25) is 5.91 Å². The zero-order valence-corrected chi connectivity index (χ0v) is 16.8. The third kappa shape index (κ3) is 5.20. The van der Waals surface area contributed by atoms with Crippen LogP contribution in [0.2, 0.25) is 5.02 Å². The molecule has 1 N–H and O–H groups in total. The summed E-state index contributed by atoms with van der Waals surface area (Å²) in [5, 5.41) is 13.9. The van der Waals surface area contributed by atoms with Crippen LogP contribution in [0.4, 0.5) is 11.4 Å². The number of aryl methyl sites for hydroxylation is 1. The van der Waals surface area contributed by atoms with Crippen LogP contribution in [0.3, 0.4) is 0 Å². The lowest BCUT2D eigenvalue weighted by Gasteiger charge is -2.06. The molecule has 8 heteroatoms. The van der Waals surface area contributed by atoms with Gasteiger partial charge in [-0.2, -0.15) is 0 Å². The predicted octanol–water partition coefficient (Wildman–Crippen LogP) is 5.60. The number of oxazole rings is 1. The van der Waals surface area contributed by atoms with E-state index in [-0.39, 0.29) is 35.1 Å². The van der Waals surface area contributed by atoms with E-state index in [2.05, 4.69) is 36.3 Å². The molecule has 0 atom stereocenters. The van der Waals surface area contributed by atoms with Crippen LogP contribution in [0.1, 0.15) is 37.6 Å². The number of anilines is 1. The van der Waals surface area contributed by atoms with Gasteiger partial charge in [-0.05, 0) is 23.6 Å². The Labute approximate surface area is 172 Å². The highest BCUT2D eigenvalue weighted by Crippen LogP contribution is 2.28. The number of carbonyl (C=O) groups is 1. The van der Waals surface area contributed by atoms with Crippen LogP contribution < -0.4 is 5.32 Å². The molecule has 0 fully saturated rings. The summed E-state index contributed by atoms with van der Waals surface area (Å²) in [4.78, 5) is 26.9. The number of carbonyl (C=O) groups excluding carboxylic acids is 1. The van der Waals surface area contributed by atoms with Crippen LogP contribution in [-0.2, 0) is 11.2 Å². The summed E-state index contributed by atoms with van der Waals surface area (Å²) in [7, 11) is 0. The minimum Gasteiger partial charge on any atom is -0.441 e. The molecule has 3 aromatic rings. The number of amides is 1. The molecule has 0 saturated heterocycles. The number of rotatable bonds is 7. The average molecular weight is 414 g/mol. The quantitative estimate of drug-likeness (QED) is 0.401. The molecule has 29 heavy (non-hydrogen) atoms. The standard InChI is InChI=1S/C21H20ClN3O4/c1-13(2)14-3-5-15(6-4-14)19-12-23-21(29-19)10-9-20(26)24-17-8-7-16(22)11-18(17)25(27)28/h3-8,11-13H,9-10H2,1-2H3,(H,24,26). The van der Waals surface area contributed by atoms with Crippen LogP contribution >= 0.6 is 11.6 Å². The average Bonchev–Trinajstić information content (AvgIpc) is 3.17. The Morgan fingerprint density at radius 3 is 2.62 bits per heavy atom. The number of aromatic nitrogens is 1. The van der Waals surface area contributed by atoms with E-state index in [1.54, 1.807) is 6.20 Å². The van der Waals surface area contributed by atoms with E-state index >= 15 is 0 Å². The zero-order valence-electron chi connectivity index (χ0n) is 16.0. The van der Waals surface area contributed by atoms with E-state index in [0.29, 0.717) is 17.6 Å². The van der Waals surface area contributed by atoms with Gasteiger partial charge >= 0.3 is 0 Å². The molecule has 0 aliphatic rings. The highest BCUT2D eigenvalue weighted by molar-refractivity contribution is 6.31. The van der Waals surface area contributed by atoms with Gasteiger partial charge in [-0.1, -0.05) is 49.7 Å². The van der Waals surface area contributed by atoms with Crippen LogP contribution in [-0.4, -0.2) is 15.8 Å². The maximum Gasteiger partial charge on any atom is 0.294 e. The Morgan fingerprint density at radius 1 is 1.24 bits per heavy atom. The van der Waals surface area contributed by atoms with E-state index in [4.69, 9.17) is 16.0 Å². The molecule has 0 unspecified atom stereocenters. The predicted molar refractivity (Wildman–Crippen MR) is 111 cm³/mol. The van der Waals surface area contributed by atoms with Crippen LogP contribution in [0.25, 0.3) is 11.3 Å². The van der Waals surface area contributed by atoms with Gasteiger partial charge < -0.3 is 9.73 Å². The normalized spacial score (nSPS) is 10.9. The summed E-state index contributed by atoms with van der Waals surface area (Å²) < 4.78 is 5.73. The van der Waals surface area contributed by atoms with Crippen LogP contribution in [0, 0.1) is 10.1 Å². The monoisotopic (exact) mass is 413 g/mol. The Bertz CT molecular complexity index is 1030. The summed E-state index contributed by atoms with van der Waals surface area (Å²) in [6, 6.07) is 12.1. The third-order valence-corrected chi connectivity index (χ3v) is 4.65. The largest absolute Gasteiger partial charge is 0.441 e. The molecular formula is C21H20ClN3O4. The fourth-order valence-electron chi connectivity index (χ4n) is 2.79. The number of nitro groups is 1. The van der Waals surface area contributed by atoms with Crippen molar-refractivity contribution in [3.8, 4) is 11.3 Å². The molecule has 1 amide bonds. The second kappa shape index (κ2) is 8.87. The Hall–Kier alpha value is -3.19. The zero-order chi connectivity index (χ0) is 21.0. The number of nitro benzene ring substituents is 1. The molecule has 2 aromatic carbocycles. The smallest absolute Gasteiger partial charge is 0.294 e. The van der Waals surface area contributed by atoms with Crippen molar-refractivity contribution in [3.05, 3.63) is 75.3 Å². The van der Waals surface area contributed by atoms with Crippen molar-refractivity contribution in [2.24, 2.45) is 0 Å². The summed E-state index contributed by atoms with van der Waals surface area (Å²) in [6.45, 7) is 4.26. The van der Waals surface area contributed by atoms with Crippen molar-refractivity contribution in [2.45, 2.75) is 32.6 Å². The summed E-state index contributed by atoms with van der Waals surface area (Å²) in [5.41, 5.74) is 1.99.